The fourth-order valence-electron chi connectivity index (χ4n) is 18.0. The molecule has 4 aromatic rings. The second-order valence-corrected chi connectivity index (χ2v) is 36.7. The van der Waals surface area contributed by atoms with Crippen LogP contribution in [0.5, 0.6) is 34.5 Å². The third-order valence-corrected chi connectivity index (χ3v) is 26.4. The number of unbranched alkanes of at least 4 members (excludes halogenated alkanes) is 18. The molecule has 0 radical (unpaired) electrons. The fraction of sp³-hybridized carbons (Fsp3) is 0.673. The highest BCUT2D eigenvalue weighted by Crippen LogP contribution is 2.53. The number of rotatable bonds is 63. The Morgan fingerprint density at radius 1 is 0.261 bits per heavy atom. The van der Waals surface area contributed by atoms with Crippen LogP contribution in [0.25, 0.3) is 0 Å². The summed E-state index contributed by atoms with van der Waals surface area (Å²) in [5.41, 5.74) is 0.685. The first-order valence-corrected chi connectivity index (χ1v) is 49.5. The first-order chi connectivity index (χ1) is 64.5. The van der Waals surface area contributed by atoms with Crippen molar-refractivity contribution in [2.75, 3.05) is 52.9 Å². The number of benzene rings is 4. The third kappa shape index (κ3) is 39.7. The number of carbonyl (C=O) groups excluding carboxylic acids is 10. The van der Waals surface area contributed by atoms with Gasteiger partial charge in [-0.15, -0.1) is 0 Å². The van der Waals surface area contributed by atoms with Crippen LogP contribution in [-0.2, 0) is 66.8 Å². The topological polar surface area (TPSA) is 281 Å². The number of halogens is 8. The molecule has 8 rings (SSSR count). The lowest BCUT2D eigenvalue weighted by atomic mass is 9.68. The number of hydrogen-bond donors (Lipinski definition) is 0. The van der Waals surface area contributed by atoms with Crippen LogP contribution >= 0.6 is 0 Å². The lowest BCUT2D eigenvalue weighted by Crippen LogP contribution is -2.64. The summed E-state index contributed by atoms with van der Waals surface area (Å²) in [6.07, 6.45) is 37.7. The van der Waals surface area contributed by atoms with Crippen molar-refractivity contribution in [1.29, 1.82) is 0 Å². The number of alkyl halides is 8. The molecule has 30 heteroatoms. The Hall–Kier alpha value is -9.38. The number of esters is 10. The van der Waals surface area contributed by atoms with Crippen molar-refractivity contribution in [2.24, 2.45) is 47.3 Å². The largest absolute Gasteiger partial charge is 0.494 e. The van der Waals surface area contributed by atoms with E-state index in [1.807, 2.05) is 0 Å². The second kappa shape index (κ2) is 59.6. The van der Waals surface area contributed by atoms with Crippen LogP contribution < -0.4 is 28.4 Å². The quantitative estimate of drug-likeness (QED) is 0.0130. The molecule has 4 saturated carbocycles. The average molecular weight is 1900 g/mol. The molecular weight excluding hydrogens is 1750 g/mol. The van der Waals surface area contributed by atoms with Crippen LogP contribution in [0.2, 0.25) is 0 Å². The van der Waals surface area contributed by atoms with Crippen LogP contribution in [0.15, 0.2) is 97.1 Å². The van der Waals surface area contributed by atoms with E-state index in [-0.39, 0.29) is 75.9 Å². The SMILES string of the molecule is CCCCCC1CCC(C2CCC(C(=O)Oc3ccc(OC(=O)c4ccc(OCCCCCCCCOC(=O)CCCCCOC(=O)CCC(=O)OCC(F)(F)C(F)(F)C(F)(F)C(F)(F)COC(=O)CCC(=O)OCCCCCC(=O)OCCCCCCCCOc5ccc(C(=O)Oc6ccc(OC(=O)C7CCC(C8CCC(CCCCC)CC8)CC7)cc6)cc5)cc4)cc3)CC2)CC1. The molecule has 746 valence electrons. The zero-order valence-electron chi connectivity index (χ0n) is 78.5. The van der Waals surface area contributed by atoms with Gasteiger partial charge in [0.1, 0.15) is 34.5 Å². The van der Waals surface area contributed by atoms with E-state index in [1.165, 1.54) is 103 Å². The van der Waals surface area contributed by atoms with Crippen molar-refractivity contribution in [3.63, 3.8) is 0 Å². The molecule has 0 aromatic heterocycles. The Labute approximate surface area is 784 Å². The maximum Gasteiger partial charge on any atom is 0.381 e. The normalized spacial score (nSPS) is 18.8. The van der Waals surface area contributed by atoms with Crippen LogP contribution in [0.1, 0.15) is 343 Å². The Balaban J connectivity index is 0.539. The van der Waals surface area contributed by atoms with Crippen molar-refractivity contribution in [1.82, 2.24) is 0 Å². The standard InChI is InChI=1S/C104H142F8O22/c1-3-5-17-27-75-31-35-77(36-32-75)79-39-43-81(44-40-79)97(119)131-87-55-59-89(60-56-87)133-99(121)83-47-51-85(52-48-83)123-67-21-11-7-9-13-23-69-125-91(113)29-19-15-25-71-127-93(115)63-65-95(117)129-73-101(105,106)103(109,110)104(111,112)102(107,108)74-130-96(118)66-64-94(116)128-72-26-16-20-30-92(114)126-70-24-14-10-8-12-22-68-124-86-53-49-84(50-54-86)100(122)134-90-61-57-88(58-62-90)132-98(120)82-45-41-80(42-46-82)78-37-33-76(34-38-78)28-18-6-4-2/h47-62,75-82H,3-46,63-74H2,1-2H3. The minimum atomic E-state index is -6.90. The van der Waals surface area contributed by atoms with E-state index < -0.39 is 110 Å². The summed E-state index contributed by atoms with van der Waals surface area (Å²) in [7, 11) is 0. The zero-order chi connectivity index (χ0) is 96.4. The molecule has 0 spiro atoms. The van der Waals surface area contributed by atoms with Crippen molar-refractivity contribution in [3.05, 3.63) is 108 Å². The number of hydrogen-bond acceptors (Lipinski definition) is 22. The maximum atomic E-state index is 14.6. The van der Waals surface area contributed by atoms with Gasteiger partial charge in [-0.3, -0.25) is 38.4 Å². The molecule has 134 heavy (non-hydrogen) atoms. The van der Waals surface area contributed by atoms with Gasteiger partial charge in [-0.05, 0) is 274 Å². The Morgan fingerprint density at radius 3 is 0.806 bits per heavy atom. The predicted molar refractivity (Wildman–Crippen MR) is 484 cm³/mol. The van der Waals surface area contributed by atoms with E-state index in [0.29, 0.717) is 109 Å². The Kier molecular flexibility index (Phi) is 48.9. The first kappa shape index (κ1) is 110. The van der Waals surface area contributed by atoms with E-state index in [1.54, 1.807) is 97.1 Å². The van der Waals surface area contributed by atoms with Gasteiger partial charge >= 0.3 is 83.4 Å². The molecule has 4 aromatic carbocycles. The van der Waals surface area contributed by atoms with Crippen molar-refractivity contribution >= 4 is 59.7 Å². The van der Waals surface area contributed by atoms with Crippen molar-refractivity contribution in [2.45, 2.75) is 346 Å². The number of carbonyl (C=O) groups is 10. The lowest BCUT2D eigenvalue weighted by Gasteiger charge is -2.37. The summed E-state index contributed by atoms with van der Waals surface area (Å²) < 4.78 is 179. The van der Waals surface area contributed by atoms with E-state index in [9.17, 15) is 83.1 Å². The predicted octanol–water partition coefficient (Wildman–Crippen LogP) is 24.9. The summed E-state index contributed by atoms with van der Waals surface area (Å²) in [6, 6.07) is 26.3. The molecular formula is C104H142F8O22. The van der Waals surface area contributed by atoms with Gasteiger partial charge in [0.05, 0.1) is 88.3 Å². The second-order valence-electron chi connectivity index (χ2n) is 36.7. The molecule has 4 aliphatic carbocycles. The highest BCUT2D eigenvalue weighted by atomic mass is 19.4. The zero-order valence-corrected chi connectivity index (χ0v) is 78.5. The molecule has 0 bridgehead atoms. The van der Waals surface area contributed by atoms with Gasteiger partial charge in [0, 0.05) is 12.8 Å². The van der Waals surface area contributed by atoms with E-state index in [2.05, 4.69) is 23.3 Å². The average Bonchev–Trinajstić information content (AvgIpc) is 0.737. The molecule has 0 aliphatic heterocycles. The van der Waals surface area contributed by atoms with E-state index in [4.69, 9.17) is 47.4 Å². The maximum absolute atomic E-state index is 14.6. The van der Waals surface area contributed by atoms with Crippen molar-refractivity contribution in [3.8, 4) is 34.5 Å². The first-order valence-electron chi connectivity index (χ1n) is 49.5. The van der Waals surface area contributed by atoms with Gasteiger partial charge < -0.3 is 56.8 Å². The summed E-state index contributed by atoms with van der Waals surface area (Å²) in [6.45, 7) is -0.0785. The van der Waals surface area contributed by atoms with Gasteiger partial charge in [-0.1, -0.05) is 142 Å². The highest BCUT2D eigenvalue weighted by Gasteiger charge is 2.81. The van der Waals surface area contributed by atoms with Crippen molar-refractivity contribution < 1.29 is 140 Å². The van der Waals surface area contributed by atoms with Gasteiger partial charge in [0.25, 0.3) is 0 Å². The Morgan fingerprint density at radius 2 is 0.507 bits per heavy atom. The molecule has 0 heterocycles. The van der Waals surface area contributed by atoms with Gasteiger partial charge in [0.15, 0.2) is 13.2 Å². The van der Waals surface area contributed by atoms with Gasteiger partial charge in [0.2, 0.25) is 0 Å². The molecule has 4 fully saturated rings. The summed E-state index contributed by atoms with van der Waals surface area (Å²) >= 11 is 0. The van der Waals surface area contributed by atoms with Gasteiger partial charge in [-0.25, -0.2) is 9.59 Å². The van der Waals surface area contributed by atoms with Crippen LogP contribution in [0.4, 0.5) is 35.1 Å². The van der Waals surface area contributed by atoms with Gasteiger partial charge in [-0.2, -0.15) is 35.1 Å². The van der Waals surface area contributed by atoms with E-state index in [0.717, 1.165) is 139 Å². The summed E-state index contributed by atoms with van der Waals surface area (Å²) in [5.74, 6) is -26.8. The third-order valence-electron chi connectivity index (χ3n) is 26.4. The molecule has 4 aliphatic rings. The molecule has 22 nitrogen and oxygen atoms in total. The number of ether oxygens (including phenoxy) is 12. The molecule has 0 amide bonds. The summed E-state index contributed by atoms with van der Waals surface area (Å²) in [4.78, 5) is 125. The fourth-order valence-corrected chi connectivity index (χ4v) is 18.0. The minimum absolute atomic E-state index is 0.0809. The molecule has 0 saturated heterocycles. The van der Waals surface area contributed by atoms with E-state index >= 15 is 0 Å². The van der Waals surface area contributed by atoms with Crippen LogP contribution in [-0.4, -0.2) is 136 Å². The molecule has 0 N–H and O–H groups in total. The highest BCUT2D eigenvalue weighted by molar-refractivity contribution is 5.92. The van der Waals surface area contributed by atoms with Crippen LogP contribution in [0.3, 0.4) is 0 Å². The minimum Gasteiger partial charge on any atom is -0.494 e. The van der Waals surface area contributed by atoms with Crippen LogP contribution in [0, 0.1) is 47.3 Å². The summed E-state index contributed by atoms with van der Waals surface area (Å²) in [5, 5.41) is 0. The molecule has 0 unspecified atom stereocenters. The Bertz CT molecular complexity index is 3870. The molecule has 0 atom stereocenters. The smallest absolute Gasteiger partial charge is 0.381 e. The monoisotopic (exact) mass is 1890 g/mol. The lowest BCUT2D eigenvalue weighted by molar-refractivity contribution is -0.374.